The van der Waals surface area contributed by atoms with E-state index in [4.69, 9.17) is 9.47 Å². The molecule has 1 aliphatic heterocycles. The Morgan fingerprint density at radius 3 is 1.57 bits per heavy atom. The van der Waals surface area contributed by atoms with E-state index in [1.54, 1.807) is 22.7 Å². The van der Waals surface area contributed by atoms with Crippen LogP contribution in [0.25, 0.3) is 52.2 Å². The number of aryl methyl sites for hydroxylation is 2. The molecule has 0 N–H and O–H groups in total. The normalized spacial score (nSPS) is 14.5. The number of benzene rings is 5. The predicted octanol–water partition coefficient (Wildman–Crippen LogP) is 18.8. The fourth-order valence-corrected chi connectivity index (χ4v) is 15.2. The van der Waals surface area contributed by atoms with Crippen molar-refractivity contribution in [3.63, 3.8) is 0 Å². The molecule has 70 heavy (non-hydrogen) atoms. The van der Waals surface area contributed by atoms with Crippen LogP contribution in [0.15, 0.2) is 121 Å². The van der Waals surface area contributed by atoms with Crippen molar-refractivity contribution in [1.82, 2.24) is 0 Å². The second kappa shape index (κ2) is 19.1. The van der Waals surface area contributed by atoms with Gasteiger partial charge in [-0.25, -0.2) is 0 Å². The van der Waals surface area contributed by atoms with E-state index in [2.05, 4.69) is 168 Å². The van der Waals surface area contributed by atoms with Crippen molar-refractivity contribution in [1.29, 1.82) is 0 Å². The molecule has 0 atom stereocenters. The highest BCUT2D eigenvalue weighted by Crippen LogP contribution is 2.58. The second-order valence-corrected chi connectivity index (χ2v) is 23.7. The van der Waals surface area contributed by atoms with E-state index < -0.39 is 0 Å². The summed E-state index contributed by atoms with van der Waals surface area (Å²) >= 11 is 5.31. The van der Waals surface area contributed by atoms with Gasteiger partial charge in [0.1, 0.15) is 13.2 Å². The third-order valence-electron chi connectivity index (χ3n) is 15.2. The number of aldehydes is 1. The van der Waals surface area contributed by atoms with Crippen molar-refractivity contribution in [2.45, 2.75) is 117 Å². The SMILES string of the molecule is CCCCCCc1cc(C=O)sc1-c1cc(CCCCCC)c(-c2sc(-c3ccc(N(c4ccc5c(c4)C(C)(C)c4ccccc4-5)c4ccc5c(c4)C(C)(C)c4ccccc4-5)cc3)c3c2OCCO3)s1. The lowest BCUT2D eigenvalue weighted by molar-refractivity contribution is 0.112. The van der Waals surface area contributed by atoms with Crippen molar-refractivity contribution < 1.29 is 14.3 Å². The van der Waals surface area contributed by atoms with E-state index in [0.717, 1.165) is 80.7 Å². The molecule has 8 aromatic rings. The van der Waals surface area contributed by atoms with E-state index in [1.165, 1.54) is 109 Å². The van der Waals surface area contributed by atoms with E-state index in [-0.39, 0.29) is 10.8 Å². The topological polar surface area (TPSA) is 38.8 Å². The van der Waals surface area contributed by atoms with Gasteiger partial charge in [-0.15, -0.1) is 34.0 Å². The molecule has 0 radical (unpaired) electrons. The molecule has 0 saturated carbocycles. The number of hydrogen-bond acceptors (Lipinski definition) is 7. The zero-order valence-electron chi connectivity index (χ0n) is 41.5. The summed E-state index contributed by atoms with van der Waals surface area (Å²) in [5.74, 6) is 1.71. The number of carbonyl (C=O) groups is 1. The van der Waals surface area contributed by atoms with Gasteiger partial charge in [-0.3, -0.25) is 4.79 Å². The van der Waals surface area contributed by atoms with Crippen LogP contribution in [0.3, 0.4) is 0 Å². The minimum Gasteiger partial charge on any atom is -0.485 e. The third kappa shape index (κ3) is 8.16. The van der Waals surface area contributed by atoms with Crippen molar-refractivity contribution in [3.05, 3.63) is 160 Å². The van der Waals surface area contributed by atoms with Crippen molar-refractivity contribution in [2.24, 2.45) is 0 Å². The van der Waals surface area contributed by atoms with Gasteiger partial charge in [0, 0.05) is 37.6 Å². The monoisotopic (exact) mass is 977 g/mol. The molecule has 5 aromatic carbocycles. The highest BCUT2D eigenvalue weighted by atomic mass is 32.1. The quantitative estimate of drug-likeness (QED) is 0.0673. The lowest BCUT2D eigenvalue weighted by Crippen LogP contribution is -2.18. The molecule has 4 nitrogen and oxygen atoms in total. The number of anilines is 3. The van der Waals surface area contributed by atoms with Crippen molar-refractivity contribution >= 4 is 57.4 Å². The number of hydrogen-bond donors (Lipinski definition) is 0. The van der Waals surface area contributed by atoms with Gasteiger partial charge in [0.25, 0.3) is 0 Å². The number of rotatable bonds is 17. The smallest absolute Gasteiger partial charge is 0.181 e. The standard InChI is InChI=1S/C63H63NO3S3/c1-7-9-11-13-19-41-35-46(39-65)68-58(41)55-36-42(20-14-12-10-8-2)60(69-55)61-57-56(66-33-34-67-57)59(70-61)40-25-27-43(28-26-40)64(44-29-31-49-47-21-15-17-23-51(47)62(3,4)53(49)37-44)45-30-32-50-48-22-16-18-24-52(48)63(5,6)54(50)38-45/h15-18,21-32,35-39H,7-14,19-20,33-34H2,1-6H3. The molecular weight excluding hydrogens is 915 g/mol. The van der Waals surface area contributed by atoms with Crippen LogP contribution in [0.1, 0.15) is 136 Å². The van der Waals surface area contributed by atoms with Crippen LogP contribution >= 0.6 is 34.0 Å². The van der Waals surface area contributed by atoms with Gasteiger partial charge in [-0.2, -0.15) is 0 Å². The fourth-order valence-electron chi connectivity index (χ4n) is 11.5. The Morgan fingerprint density at radius 1 is 0.500 bits per heavy atom. The third-order valence-corrected chi connectivity index (χ3v) is 19.0. The predicted molar refractivity (Wildman–Crippen MR) is 298 cm³/mol. The molecule has 7 heteroatoms. The summed E-state index contributed by atoms with van der Waals surface area (Å²) in [5.41, 5.74) is 17.7. The van der Waals surface area contributed by atoms with Gasteiger partial charge in [0.2, 0.25) is 0 Å². The Labute approximate surface area is 427 Å². The number of fused-ring (bicyclic) bond motifs is 7. The summed E-state index contributed by atoms with van der Waals surface area (Å²) in [6.45, 7) is 15.0. The number of ether oxygens (including phenoxy) is 2. The Bertz CT molecular complexity index is 3130. The van der Waals surface area contributed by atoms with Gasteiger partial charge >= 0.3 is 0 Å². The molecule has 0 spiro atoms. The van der Waals surface area contributed by atoms with Crippen LogP contribution in [-0.4, -0.2) is 19.5 Å². The summed E-state index contributed by atoms with van der Waals surface area (Å²) in [4.78, 5) is 21.5. The molecule has 0 fully saturated rings. The first-order chi connectivity index (χ1) is 34.1. The Hall–Kier alpha value is -5.73. The first-order valence-corrected chi connectivity index (χ1v) is 28.1. The zero-order valence-corrected chi connectivity index (χ0v) is 44.0. The summed E-state index contributed by atoms with van der Waals surface area (Å²) in [7, 11) is 0. The highest BCUT2D eigenvalue weighted by molar-refractivity contribution is 7.28. The van der Waals surface area contributed by atoms with Gasteiger partial charge in [0.15, 0.2) is 17.8 Å². The average Bonchev–Trinajstić information content (AvgIpc) is 4.19. The fraction of sp³-hybridized carbons (Fsp3) is 0.317. The molecule has 0 bridgehead atoms. The van der Waals surface area contributed by atoms with E-state index in [9.17, 15) is 4.79 Å². The highest BCUT2D eigenvalue weighted by Gasteiger charge is 2.38. The zero-order chi connectivity index (χ0) is 48.1. The Morgan fingerprint density at radius 2 is 1.01 bits per heavy atom. The maximum atomic E-state index is 12.2. The number of thiophene rings is 3. The molecule has 0 saturated heterocycles. The van der Waals surface area contributed by atoms with Crippen LogP contribution in [0.4, 0.5) is 17.1 Å². The maximum Gasteiger partial charge on any atom is 0.181 e. The van der Waals surface area contributed by atoms with E-state index in [0.29, 0.717) is 13.2 Å². The second-order valence-electron chi connectivity index (χ2n) is 20.5. The van der Waals surface area contributed by atoms with Gasteiger partial charge in [-0.1, -0.05) is 153 Å². The van der Waals surface area contributed by atoms with Crippen LogP contribution in [0, 0.1) is 0 Å². The van der Waals surface area contributed by atoms with Crippen molar-refractivity contribution in [2.75, 3.05) is 18.1 Å². The summed E-state index contributed by atoms with van der Waals surface area (Å²) in [5, 5.41) is 0. The number of unbranched alkanes of at least 4 members (excludes halogenated alkanes) is 6. The van der Waals surface area contributed by atoms with Gasteiger partial charge in [0.05, 0.1) is 19.5 Å². The molecule has 0 amide bonds. The summed E-state index contributed by atoms with van der Waals surface area (Å²) < 4.78 is 13.2. The first-order valence-electron chi connectivity index (χ1n) is 25.6. The van der Waals surface area contributed by atoms with Crippen LogP contribution in [0.2, 0.25) is 0 Å². The van der Waals surface area contributed by atoms with Crippen LogP contribution < -0.4 is 14.4 Å². The maximum absolute atomic E-state index is 12.2. The molecule has 11 rings (SSSR count). The number of nitrogens with zero attached hydrogens (tertiary/aromatic N) is 1. The molecule has 0 unspecified atom stereocenters. The molecule has 356 valence electrons. The van der Waals surface area contributed by atoms with Crippen LogP contribution in [0.5, 0.6) is 11.5 Å². The van der Waals surface area contributed by atoms with Gasteiger partial charge in [-0.05, 0) is 135 Å². The largest absolute Gasteiger partial charge is 0.485 e. The van der Waals surface area contributed by atoms with Gasteiger partial charge < -0.3 is 14.4 Å². The van der Waals surface area contributed by atoms with E-state index >= 15 is 0 Å². The first kappa shape index (κ1) is 46.6. The molecule has 3 aliphatic rings. The lowest BCUT2D eigenvalue weighted by atomic mass is 9.82. The number of carbonyl (C=O) groups excluding carboxylic acids is 1. The minimum atomic E-state index is -0.130. The lowest BCUT2D eigenvalue weighted by Gasteiger charge is -2.30. The summed E-state index contributed by atoms with van der Waals surface area (Å²) in [6, 6.07) is 45.7. The van der Waals surface area contributed by atoms with Crippen molar-refractivity contribution in [3.8, 4) is 63.7 Å². The average molecular weight is 978 g/mol. The van der Waals surface area contributed by atoms with Crippen LogP contribution in [-0.2, 0) is 23.7 Å². The Balaban J connectivity index is 0.997. The summed E-state index contributed by atoms with van der Waals surface area (Å²) in [6.07, 6.45) is 12.6. The molecule has 4 heterocycles. The minimum absolute atomic E-state index is 0.130. The Kier molecular flexibility index (Phi) is 12.7. The molecular formula is C63H63NO3S3. The molecule has 3 aromatic heterocycles. The molecule has 2 aliphatic carbocycles. The van der Waals surface area contributed by atoms with E-state index in [1.807, 2.05) is 11.3 Å².